The first-order chi connectivity index (χ1) is 10.6. The number of sulfonamides is 1. The number of aryl methyl sites for hydroxylation is 1. The van der Waals surface area contributed by atoms with Crippen LogP contribution in [0.25, 0.3) is 0 Å². The van der Waals surface area contributed by atoms with Crippen molar-refractivity contribution in [3.63, 3.8) is 0 Å². The Morgan fingerprint density at radius 1 is 1.36 bits per heavy atom. The molecule has 1 fully saturated rings. The smallest absolute Gasteiger partial charge is 0.240 e. The lowest BCUT2D eigenvalue weighted by molar-refractivity contribution is 0.567. The van der Waals surface area contributed by atoms with Crippen LogP contribution >= 0.6 is 11.3 Å². The predicted octanol–water partition coefficient (Wildman–Crippen LogP) is 2.40. The Morgan fingerprint density at radius 3 is 2.82 bits per heavy atom. The quantitative estimate of drug-likeness (QED) is 0.910. The maximum absolute atomic E-state index is 12.4. The molecule has 1 N–H and O–H groups in total. The highest BCUT2D eigenvalue weighted by Gasteiger charge is 2.27. The summed E-state index contributed by atoms with van der Waals surface area (Å²) in [6.45, 7) is 3.29. The fourth-order valence-electron chi connectivity index (χ4n) is 2.66. The summed E-state index contributed by atoms with van der Waals surface area (Å²) >= 11 is 1.59. The van der Waals surface area contributed by atoms with E-state index in [1.807, 2.05) is 24.4 Å². The summed E-state index contributed by atoms with van der Waals surface area (Å²) in [5.41, 5.74) is 1.05. The van der Waals surface area contributed by atoms with Crippen molar-refractivity contribution in [2.75, 3.05) is 18.0 Å². The summed E-state index contributed by atoms with van der Waals surface area (Å²) in [7, 11) is -3.45. The van der Waals surface area contributed by atoms with Gasteiger partial charge in [-0.1, -0.05) is 17.7 Å². The topological polar surface area (TPSA) is 62.3 Å². The van der Waals surface area contributed by atoms with Crippen molar-refractivity contribution >= 4 is 26.5 Å². The molecule has 0 bridgehead atoms. The fourth-order valence-corrected chi connectivity index (χ4v) is 4.48. The molecule has 0 saturated carbocycles. The molecule has 2 aromatic rings. The van der Waals surface area contributed by atoms with E-state index in [4.69, 9.17) is 0 Å². The summed E-state index contributed by atoms with van der Waals surface area (Å²) in [5, 5.41) is 2.92. The van der Waals surface area contributed by atoms with E-state index in [0.717, 1.165) is 30.1 Å². The number of hydrogen-bond acceptors (Lipinski definition) is 5. The van der Waals surface area contributed by atoms with Crippen LogP contribution < -0.4 is 9.62 Å². The van der Waals surface area contributed by atoms with Crippen molar-refractivity contribution < 1.29 is 8.42 Å². The monoisotopic (exact) mass is 337 g/mol. The minimum absolute atomic E-state index is 0.173. The standard InChI is InChI=1S/C15H19N3O2S2/c1-12-4-6-14(7-5-12)22(19,20)17-11-13-3-2-9-18(13)15-16-8-10-21-15/h4-8,10,13,17H,2-3,9,11H2,1H3/t13-/m1/s1. The van der Waals surface area contributed by atoms with Crippen molar-refractivity contribution in [2.45, 2.75) is 30.7 Å². The molecular weight excluding hydrogens is 318 g/mol. The van der Waals surface area contributed by atoms with E-state index in [2.05, 4.69) is 14.6 Å². The molecule has 1 aliphatic heterocycles. The fraction of sp³-hybridized carbons (Fsp3) is 0.400. The zero-order chi connectivity index (χ0) is 15.6. The van der Waals surface area contributed by atoms with Crippen LogP contribution in [0, 0.1) is 6.92 Å². The Bertz CT molecular complexity index is 712. The van der Waals surface area contributed by atoms with Gasteiger partial charge in [-0.15, -0.1) is 11.3 Å². The van der Waals surface area contributed by atoms with Gasteiger partial charge in [-0.05, 0) is 31.9 Å². The predicted molar refractivity (Wildman–Crippen MR) is 88.8 cm³/mol. The van der Waals surface area contributed by atoms with Crippen molar-refractivity contribution in [3.05, 3.63) is 41.4 Å². The van der Waals surface area contributed by atoms with Crippen molar-refractivity contribution in [1.29, 1.82) is 0 Å². The number of thiazole rings is 1. The van der Waals surface area contributed by atoms with Gasteiger partial charge >= 0.3 is 0 Å². The van der Waals surface area contributed by atoms with Crippen LogP contribution in [0.15, 0.2) is 40.7 Å². The lowest BCUT2D eigenvalue weighted by Crippen LogP contribution is -2.40. The molecule has 1 saturated heterocycles. The maximum atomic E-state index is 12.4. The normalized spacial score (nSPS) is 18.8. The lowest BCUT2D eigenvalue weighted by Gasteiger charge is -2.24. The molecule has 22 heavy (non-hydrogen) atoms. The molecule has 5 nitrogen and oxygen atoms in total. The van der Waals surface area contributed by atoms with E-state index in [0.29, 0.717) is 11.4 Å². The third kappa shape index (κ3) is 3.31. The van der Waals surface area contributed by atoms with Gasteiger partial charge in [0.2, 0.25) is 10.0 Å². The van der Waals surface area contributed by atoms with Crippen LogP contribution in [0.3, 0.4) is 0 Å². The second-order valence-corrected chi connectivity index (χ2v) is 8.11. The van der Waals surface area contributed by atoms with Crippen LogP contribution in [0.2, 0.25) is 0 Å². The third-order valence-corrected chi connectivity index (χ3v) is 6.13. The number of nitrogens with zero attached hydrogens (tertiary/aromatic N) is 2. The van der Waals surface area contributed by atoms with E-state index in [1.165, 1.54) is 0 Å². The highest BCUT2D eigenvalue weighted by Crippen LogP contribution is 2.27. The first-order valence-electron chi connectivity index (χ1n) is 7.29. The van der Waals surface area contributed by atoms with Gasteiger partial charge in [0, 0.05) is 30.7 Å². The molecule has 7 heteroatoms. The second kappa shape index (κ2) is 6.36. The van der Waals surface area contributed by atoms with Crippen LogP contribution in [0.4, 0.5) is 5.13 Å². The van der Waals surface area contributed by atoms with Gasteiger partial charge in [0.05, 0.1) is 4.90 Å². The summed E-state index contributed by atoms with van der Waals surface area (Å²) in [6, 6.07) is 7.08. The second-order valence-electron chi connectivity index (χ2n) is 5.47. The van der Waals surface area contributed by atoms with E-state index in [-0.39, 0.29) is 6.04 Å². The number of nitrogens with one attached hydrogen (secondary N) is 1. The zero-order valence-corrected chi connectivity index (χ0v) is 14.0. The van der Waals surface area contributed by atoms with E-state index in [1.54, 1.807) is 29.7 Å². The molecular formula is C15H19N3O2S2. The molecule has 0 spiro atoms. The van der Waals surface area contributed by atoms with E-state index < -0.39 is 10.0 Å². The van der Waals surface area contributed by atoms with E-state index >= 15 is 0 Å². The Balaban J connectivity index is 1.67. The van der Waals surface area contributed by atoms with Gasteiger partial charge in [-0.3, -0.25) is 0 Å². The first-order valence-corrected chi connectivity index (χ1v) is 9.65. The van der Waals surface area contributed by atoms with Crippen LogP contribution in [0.1, 0.15) is 18.4 Å². The number of anilines is 1. The largest absolute Gasteiger partial charge is 0.344 e. The maximum Gasteiger partial charge on any atom is 0.240 e. The number of benzene rings is 1. The number of hydrogen-bond donors (Lipinski definition) is 1. The average molecular weight is 337 g/mol. The summed E-state index contributed by atoms with van der Waals surface area (Å²) in [5.74, 6) is 0. The minimum Gasteiger partial charge on any atom is -0.344 e. The number of aromatic nitrogens is 1. The first kappa shape index (κ1) is 15.5. The highest BCUT2D eigenvalue weighted by atomic mass is 32.2. The van der Waals surface area contributed by atoms with Crippen LogP contribution in [-0.2, 0) is 10.0 Å². The van der Waals surface area contributed by atoms with Gasteiger partial charge in [0.1, 0.15) is 0 Å². The minimum atomic E-state index is -3.45. The lowest BCUT2D eigenvalue weighted by atomic mass is 10.2. The Hall–Kier alpha value is -1.44. The van der Waals surface area contributed by atoms with Crippen molar-refractivity contribution in [3.8, 4) is 0 Å². The molecule has 1 aliphatic rings. The summed E-state index contributed by atoms with van der Waals surface area (Å²) in [4.78, 5) is 6.84. The Kier molecular flexibility index (Phi) is 4.46. The Labute approximate surface area is 135 Å². The van der Waals surface area contributed by atoms with Crippen LogP contribution in [0.5, 0.6) is 0 Å². The SMILES string of the molecule is Cc1ccc(S(=O)(=O)NC[C@H]2CCCN2c2nccs2)cc1. The summed E-state index contributed by atoms with van der Waals surface area (Å²) in [6.07, 6.45) is 3.83. The highest BCUT2D eigenvalue weighted by molar-refractivity contribution is 7.89. The van der Waals surface area contributed by atoms with Crippen molar-refractivity contribution in [1.82, 2.24) is 9.71 Å². The molecule has 3 rings (SSSR count). The molecule has 118 valence electrons. The van der Waals surface area contributed by atoms with Gasteiger partial charge in [-0.25, -0.2) is 18.1 Å². The number of rotatable bonds is 5. The van der Waals surface area contributed by atoms with E-state index in [9.17, 15) is 8.42 Å². The van der Waals surface area contributed by atoms with Gasteiger partial charge in [0.25, 0.3) is 0 Å². The van der Waals surface area contributed by atoms with Crippen molar-refractivity contribution in [2.24, 2.45) is 0 Å². The molecule has 0 aliphatic carbocycles. The molecule has 1 atom stereocenters. The Morgan fingerprint density at radius 2 is 2.14 bits per heavy atom. The third-order valence-electron chi connectivity index (χ3n) is 3.88. The molecule has 2 heterocycles. The average Bonchev–Trinajstić information content (AvgIpc) is 3.16. The molecule has 0 radical (unpaired) electrons. The summed E-state index contributed by atoms with van der Waals surface area (Å²) < 4.78 is 27.4. The molecule has 1 aromatic heterocycles. The van der Waals surface area contributed by atoms with Gasteiger partial charge < -0.3 is 4.90 Å². The van der Waals surface area contributed by atoms with Crippen LogP contribution in [-0.4, -0.2) is 32.5 Å². The van der Waals surface area contributed by atoms with Gasteiger partial charge in [0.15, 0.2) is 5.13 Å². The zero-order valence-electron chi connectivity index (χ0n) is 12.4. The molecule has 1 aromatic carbocycles. The van der Waals surface area contributed by atoms with Gasteiger partial charge in [-0.2, -0.15) is 0 Å². The molecule has 0 amide bonds. The molecule has 0 unspecified atom stereocenters.